The quantitative estimate of drug-likeness (QED) is 0.651. The summed E-state index contributed by atoms with van der Waals surface area (Å²) >= 11 is 0. The fourth-order valence-corrected chi connectivity index (χ4v) is 2.07. The number of carbonyl (C=O) groups is 1. The molecule has 1 aromatic rings. The Morgan fingerprint density at radius 3 is 2.72 bits per heavy atom. The number of likely N-dealkylation sites (N-methyl/N-ethyl adjacent to an activating group) is 1. The molecule has 0 saturated carbocycles. The van der Waals surface area contributed by atoms with Gasteiger partial charge in [0.2, 0.25) is 5.91 Å². The molecule has 0 spiro atoms. The van der Waals surface area contributed by atoms with Crippen molar-refractivity contribution in [1.82, 2.24) is 4.90 Å². The van der Waals surface area contributed by atoms with Gasteiger partial charge >= 0.3 is 0 Å². The van der Waals surface area contributed by atoms with E-state index in [1.54, 1.807) is 24.9 Å². The van der Waals surface area contributed by atoms with Gasteiger partial charge in [-0.2, -0.15) is 0 Å². The van der Waals surface area contributed by atoms with Crippen LogP contribution in [0.4, 0.5) is 11.4 Å². The molecule has 0 radical (unpaired) electrons. The molecule has 1 saturated heterocycles. The van der Waals surface area contributed by atoms with Crippen LogP contribution in [0.3, 0.4) is 0 Å². The number of benzene rings is 1. The zero-order valence-electron chi connectivity index (χ0n) is 10.3. The summed E-state index contributed by atoms with van der Waals surface area (Å²) in [4.78, 5) is 23.6. The Hall–Kier alpha value is -2.11. The van der Waals surface area contributed by atoms with Crippen LogP contribution in [0.5, 0.6) is 0 Å². The maximum absolute atomic E-state index is 11.8. The van der Waals surface area contributed by atoms with E-state index in [4.69, 9.17) is 0 Å². The molecule has 1 fully saturated rings. The average molecular weight is 249 g/mol. The molecule has 0 aliphatic carbocycles. The maximum atomic E-state index is 11.8. The summed E-state index contributed by atoms with van der Waals surface area (Å²) in [6, 6.07) is 4.37. The molecule has 1 heterocycles. The molecule has 96 valence electrons. The van der Waals surface area contributed by atoms with E-state index >= 15 is 0 Å². The second-order valence-electron chi connectivity index (χ2n) is 4.50. The molecule has 18 heavy (non-hydrogen) atoms. The van der Waals surface area contributed by atoms with Gasteiger partial charge in [-0.1, -0.05) is 0 Å². The van der Waals surface area contributed by atoms with Crippen LogP contribution in [0.2, 0.25) is 0 Å². The van der Waals surface area contributed by atoms with Crippen molar-refractivity contribution in [2.45, 2.75) is 19.4 Å². The smallest absolute Gasteiger partial charge is 0.269 e. The lowest BCUT2D eigenvalue weighted by Crippen LogP contribution is -2.31. The number of non-ortho nitro benzene ring substituents is 1. The Morgan fingerprint density at radius 1 is 1.50 bits per heavy atom. The van der Waals surface area contributed by atoms with Crippen molar-refractivity contribution >= 4 is 17.3 Å². The van der Waals surface area contributed by atoms with Gasteiger partial charge in [0, 0.05) is 31.4 Å². The molecule has 1 N–H and O–H groups in total. The van der Waals surface area contributed by atoms with Crippen molar-refractivity contribution in [2.24, 2.45) is 0 Å². The van der Waals surface area contributed by atoms with Gasteiger partial charge in [-0.3, -0.25) is 14.9 Å². The SMILES string of the molecule is Cc1cc([N+](=O)[O-])ccc1NC1CCN(C)C1=O. The van der Waals surface area contributed by atoms with E-state index in [1.165, 1.54) is 12.1 Å². The standard InChI is InChI=1S/C12H15N3O3/c1-8-7-9(15(17)18)3-4-10(8)13-11-5-6-14(2)12(11)16/h3-4,7,11,13H,5-6H2,1-2H3. The number of amides is 1. The molecular weight excluding hydrogens is 234 g/mol. The summed E-state index contributed by atoms with van der Waals surface area (Å²) in [5, 5.41) is 13.8. The van der Waals surface area contributed by atoms with Crippen LogP contribution in [-0.2, 0) is 4.79 Å². The number of aryl methyl sites for hydroxylation is 1. The van der Waals surface area contributed by atoms with Gasteiger partial charge in [0.15, 0.2) is 0 Å². The van der Waals surface area contributed by atoms with Gasteiger partial charge in [-0.05, 0) is 25.0 Å². The number of nitro groups is 1. The predicted molar refractivity (Wildman–Crippen MR) is 67.5 cm³/mol. The summed E-state index contributed by atoms with van der Waals surface area (Å²) in [7, 11) is 1.77. The summed E-state index contributed by atoms with van der Waals surface area (Å²) in [6.07, 6.45) is 0.756. The molecule has 2 rings (SSSR count). The summed E-state index contributed by atoms with van der Waals surface area (Å²) in [6.45, 7) is 2.53. The Kier molecular flexibility index (Phi) is 3.18. The molecule has 0 aromatic heterocycles. The largest absolute Gasteiger partial charge is 0.373 e. The van der Waals surface area contributed by atoms with Crippen LogP contribution in [0.25, 0.3) is 0 Å². The zero-order valence-corrected chi connectivity index (χ0v) is 10.3. The third-order valence-corrected chi connectivity index (χ3v) is 3.18. The van der Waals surface area contributed by atoms with Crippen LogP contribution in [-0.4, -0.2) is 35.4 Å². The molecule has 6 nitrogen and oxygen atoms in total. The number of nitrogens with one attached hydrogen (secondary N) is 1. The Labute approximate surface area is 105 Å². The van der Waals surface area contributed by atoms with Gasteiger partial charge < -0.3 is 10.2 Å². The van der Waals surface area contributed by atoms with E-state index < -0.39 is 4.92 Å². The first-order valence-corrected chi connectivity index (χ1v) is 5.75. The van der Waals surface area contributed by atoms with Crippen molar-refractivity contribution in [2.75, 3.05) is 18.9 Å². The summed E-state index contributed by atoms with van der Waals surface area (Å²) in [5.74, 6) is 0.0627. The molecule has 1 atom stereocenters. The molecule has 1 aliphatic heterocycles. The number of nitro benzene ring substituents is 1. The highest BCUT2D eigenvalue weighted by Crippen LogP contribution is 2.23. The fourth-order valence-electron chi connectivity index (χ4n) is 2.07. The lowest BCUT2D eigenvalue weighted by molar-refractivity contribution is -0.384. The van der Waals surface area contributed by atoms with Crippen molar-refractivity contribution in [3.05, 3.63) is 33.9 Å². The predicted octanol–water partition coefficient (Wildman–Crippen LogP) is 1.55. The number of hydrogen-bond donors (Lipinski definition) is 1. The van der Waals surface area contributed by atoms with E-state index in [0.717, 1.165) is 24.2 Å². The van der Waals surface area contributed by atoms with Crippen molar-refractivity contribution in [3.63, 3.8) is 0 Å². The van der Waals surface area contributed by atoms with Gasteiger partial charge in [-0.25, -0.2) is 0 Å². The number of rotatable bonds is 3. The van der Waals surface area contributed by atoms with Crippen molar-refractivity contribution in [3.8, 4) is 0 Å². The first kappa shape index (κ1) is 12.3. The highest BCUT2D eigenvalue weighted by Gasteiger charge is 2.29. The van der Waals surface area contributed by atoms with Crippen LogP contribution in [0, 0.1) is 17.0 Å². The number of likely N-dealkylation sites (tertiary alicyclic amines) is 1. The van der Waals surface area contributed by atoms with Crippen molar-refractivity contribution < 1.29 is 9.72 Å². The minimum absolute atomic E-state index is 0.0627. The lowest BCUT2D eigenvalue weighted by Gasteiger charge is -2.15. The third-order valence-electron chi connectivity index (χ3n) is 3.18. The van der Waals surface area contributed by atoms with E-state index in [1.807, 2.05) is 0 Å². The third kappa shape index (κ3) is 2.27. The number of carbonyl (C=O) groups excluding carboxylic acids is 1. The summed E-state index contributed by atoms with van der Waals surface area (Å²) in [5.41, 5.74) is 1.61. The first-order chi connectivity index (χ1) is 8.49. The van der Waals surface area contributed by atoms with Crippen LogP contribution in [0.1, 0.15) is 12.0 Å². The maximum Gasteiger partial charge on any atom is 0.269 e. The molecule has 6 heteroatoms. The minimum Gasteiger partial charge on any atom is -0.373 e. The highest BCUT2D eigenvalue weighted by molar-refractivity contribution is 5.86. The fraction of sp³-hybridized carbons (Fsp3) is 0.417. The van der Waals surface area contributed by atoms with Crippen molar-refractivity contribution in [1.29, 1.82) is 0 Å². The zero-order chi connectivity index (χ0) is 13.3. The molecule has 1 aromatic carbocycles. The molecular formula is C12H15N3O3. The highest BCUT2D eigenvalue weighted by atomic mass is 16.6. The second-order valence-corrected chi connectivity index (χ2v) is 4.50. The topological polar surface area (TPSA) is 75.5 Å². The van der Waals surface area contributed by atoms with Gasteiger partial charge in [0.05, 0.1) is 4.92 Å². The monoisotopic (exact) mass is 249 g/mol. The van der Waals surface area contributed by atoms with E-state index in [9.17, 15) is 14.9 Å². The van der Waals surface area contributed by atoms with Gasteiger partial charge in [0.25, 0.3) is 5.69 Å². The second kappa shape index (κ2) is 4.64. The van der Waals surface area contributed by atoms with Crippen LogP contribution >= 0.6 is 0 Å². The molecule has 1 amide bonds. The number of hydrogen-bond acceptors (Lipinski definition) is 4. The number of nitrogens with zero attached hydrogens (tertiary/aromatic N) is 2. The first-order valence-electron chi connectivity index (χ1n) is 5.75. The van der Waals surface area contributed by atoms with Gasteiger partial charge in [0.1, 0.15) is 6.04 Å². The summed E-state index contributed by atoms with van der Waals surface area (Å²) < 4.78 is 0. The molecule has 1 unspecified atom stereocenters. The van der Waals surface area contributed by atoms with E-state index in [2.05, 4.69) is 5.32 Å². The lowest BCUT2D eigenvalue weighted by atomic mass is 10.1. The molecule has 1 aliphatic rings. The van der Waals surface area contributed by atoms with Crippen LogP contribution < -0.4 is 5.32 Å². The molecule has 0 bridgehead atoms. The van der Waals surface area contributed by atoms with E-state index in [-0.39, 0.29) is 17.6 Å². The normalized spacial score (nSPS) is 19.1. The number of anilines is 1. The Morgan fingerprint density at radius 2 is 2.22 bits per heavy atom. The van der Waals surface area contributed by atoms with E-state index in [0.29, 0.717) is 0 Å². The average Bonchev–Trinajstić information content (AvgIpc) is 2.63. The van der Waals surface area contributed by atoms with Crippen LogP contribution in [0.15, 0.2) is 18.2 Å². The van der Waals surface area contributed by atoms with Gasteiger partial charge in [-0.15, -0.1) is 0 Å². The Balaban J connectivity index is 2.15. The Bertz CT molecular complexity index is 501. The minimum atomic E-state index is -0.425.